The van der Waals surface area contributed by atoms with Crippen molar-refractivity contribution in [2.75, 3.05) is 13.1 Å². The van der Waals surface area contributed by atoms with Gasteiger partial charge in [-0.05, 0) is 69.0 Å². The standard InChI is InChI=1S/C15H20N2/c1-12-10-14-4-2-3-9-17(14)15(12)11-13-5-7-16-8-6-13/h2-4,9-10,13,16H,5-8,11H2,1H3. The van der Waals surface area contributed by atoms with E-state index in [1.807, 2.05) is 0 Å². The summed E-state index contributed by atoms with van der Waals surface area (Å²) in [6.07, 6.45) is 6.06. The van der Waals surface area contributed by atoms with Crippen molar-refractivity contribution < 1.29 is 0 Å². The van der Waals surface area contributed by atoms with Gasteiger partial charge in [-0.15, -0.1) is 0 Å². The lowest BCUT2D eigenvalue weighted by Crippen LogP contribution is -2.29. The summed E-state index contributed by atoms with van der Waals surface area (Å²) in [6, 6.07) is 8.73. The van der Waals surface area contributed by atoms with E-state index < -0.39 is 0 Å². The van der Waals surface area contributed by atoms with Gasteiger partial charge in [0.15, 0.2) is 0 Å². The van der Waals surface area contributed by atoms with Crippen molar-refractivity contribution in [2.24, 2.45) is 5.92 Å². The fourth-order valence-electron chi connectivity index (χ4n) is 2.93. The Morgan fingerprint density at radius 1 is 1.29 bits per heavy atom. The van der Waals surface area contributed by atoms with Gasteiger partial charge in [0, 0.05) is 17.4 Å². The first kappa shape index (κ1) is 10.8. The topological polar surface area (TPSA) is 16.4 Å². The monoisotopic (exact) mass is 228 g/mol. The predicted molar refractivity (Wildman–Crippen MR) is 71.4 cm³/mol. The van der Waals surface area contributed by atoms with Crippen molar-refractivity contribution in [1.29, 1.82) is 0 Å². The smallest absolute Gasteiger partial charge is 0.0455 e. The summed E-state index contributed by atoms with van der Waals surface area (Å²) in [5.41, 5.74) is 4.27. The third kappa shape index (κ3) is 2.09. The molecule has 1 N–H and O–H groups in total. The van der Waals surface area contributed by atoms with Gasteiger partial charge in [0.1, 0.15) is 0 Å². The summed E-state index contributed by atoms with van der Waals surface area (Å²) in [5, 5.41) is 3.44. The largest absolute Gasteiger partial charge is 0.321 e. The molecule has 0 unspecified atom stereocenters. The number of fused-ring (bicyclic) bond motifs is 1. The number of aromatic nitrogens is 1. The van der Waals surface area contributed by atoms with Crippen molar-refractivity contribution in [3.63, 3.8) is 0 Å². The Morgan fingerprint density at radius 3 is 2.94 bits per heavy atom. The van der Waals surface area contributed by atoms with Gasteiger partial charge in [-0.1, -0.05) is 6.07 Å². The molecule has 1 aliphatic heterocycles. The van der Waals surface area contributed by atoms with E-state index in [-0.39, 0.29) is 0 Å². The second-order valence-electron chi connectivity index (χ2n) is 5.17. The average molecular weight is 228 g/mol. The number of piperidine rings is 1. The molecule has 90 valence electrons. The molecule has 0 aromatic carbocycles. The Bertz CT molecular complexity index is 507. The fraction of sp³-hybridized carbons (Fsp3) is 0.467. The fourth-order valence-corrected chi connectivity index (χ4v) is 2.93. The summed E-state index contributed by atoms with van der Waals surface area (Å²) in [5.74, 6) is 0.855. The molecule has 0 amide bonds. The summed E-state index contributed by atoms with van der Waals surface area (Å²) >= 11 is 0. The van der Waals surface area contributed by atoms with Crippen molar-refractivity contribution in [2.45, 2.75) is 26.2 Å². The van der Waals surface area contributed by atoms with E-state index in [0.29, 0.717) is 0 Å². The molecular weight excluding hydrogens is 208 g/mol. The molecule has 0 radical (unpaired) electrons. The summed E-state index contributed by atoms with van der Waals surface area (Å²) in [4.78, 5) is 0. The zero-order valence-electron chi connectivity index (χ0n) is 10.4. The quantitative estimate of drug-likeness (QED) is 0.836. The van der Waals surface area contributed by atoms with Crippen LogP contribution in [0.4, 0.5) is 0 Å². The zero-order chi connectivity index (χ0) is 11.7. The lowest BCUT2D eigenvalue weighted by atomic mass is 9.92. The van der Waals surface area contributed by atoms with Crippen molar-refractivity contribution in [1.82, 2.24) is 9.72 Å². The molecule has 0 spiro atoms. The molecule has 2 heteroatoms. The molecule has 2 aromatic rings. The summed E-state index contributed by atoms with van der Waals surface area (Å²) in [6.45, 7) is 4.61. The van der Waals surface area contributed by atoms with Crippen LogP contribution in [0, 0.1) is 12.8 Å². The van der Waals surface area contributed by atoms with E-state index in [4.69, 9.17) is 0 Å². The Morgan fingerprint density at radius 2 is 2.12 bits per heavy atom. The highest BCUT2D eigenvalue weighted by molar-refractivity contribution is 5.53. The van der Waals surface area contributed by atoms with Crippen LogP contribution in [0.5, 0.6) is 0 Å². The van der Waals surface area contributed by atoms with Crippen LogP contribution >= 0.6 is 0 Å². The van der Waals surface area contributed by atoms with Crippen LogP contribution in [-0.4, -0.2) is 17.5 Å². The Labute approximate surface area is 103 Å². The number of pyridine rings is 1. The molecule has 1 aliphatic rings. The Hall–Kier alpha value is -1.28. The molecule has 1 saturated heterocycles. The van der Waals surface area contributed by atoms with Gasteiger partial charge in [0.05, 0.1) is 0 Å². The van der Waals surface area contributed by atoms with Crippen molar-refractivity contribution in [3.05, 3.63) is 41.7 Å². The molecule has 0 atom stereocenters. The first-order valence-electron chi connectivity index (χ1n) is 6.61. The lowest BCUT2D eigenvalue weighted by molar-refractivity contribution is 0.369. The van der Waals surface area contributed by atoms with Gasteiger partial charge in [-0.3, -0.25) is 0 Å². The molecule has 3 heterocycles. The average Bonchev–Trinajstić information content (AvgIpc) is 2.68. The molecule has 0 aliphatic carbocycles. The van der Waals surface area contributed by atoms with E-state index in [2.05, 4.69) is 47.1 Å². The number of aryl methyl sites for hydroxylation is 1. The van der Waals surface area contributed by atoms with Crippen LogP contribution in [0.15, 0.2) is 30.5 Å². The summed E-state index contributed by atoms with van der Waals surface area (Å²) < 4.78 is 2.36. The third-order valence-corrected chi connectivity index (χ3v) is 3.94. The highest BCUT2D eigenvalue weighted by Gasteiger charge is 2.16. The normalized spacial score (nSPS) is 17.7. The third-order valence-electron chi connectivity index (χ3n) is 3.94. The highest BCUT2D eigenvalue weighted by Crippen LogP contribution is 2.23. The van der Waals surface area contributed by atoms with Gasteiger partial charge in [0.25, 0.3) is 0 Å². The van der Waals surface area contributed by atoms with Gasteiger partial charge in [-0.2, -0.15) is 0 Å². The highest BCUT2D eigenvalue weighted by atomic mass is 14.9. The minimum atomic E-state index is 0.855. The van der Waals surface area contributed by atoms with Gasteiger partial charge in [-0.25, -0.2) is 0 Å². The van der Waals surface area contributed by atoms with Crippen LogP contribution in [-0.2, 0) is 6.42 Å². The number of nitrogens with one attached hydrogen (secondary N) is 1. The van der Waals surface area contributed by atoms with Crippen LogP contribution in [0.25, 0.3) is 5.52 Å². The summed E-state index contributed by atoms with van der Waals surface area (Å²) in [7, 11) is 0. The number of nitrogens with zero attached hydrogens (tertiary/aromatic N) is 1. The van der Waals surface area contributed by atoms with Crippen LogP contribution in [0.3, 0.4) is 0 Å². The molecule has 2 aromatic heterocycles. The van der Waals surface area contributed by atoms with Gasteiger partial charge in [0.2, 0.25) is 0 Å². The Balaban J connectivity index is 1.90. The molecule has 0 saturated carbocycles. The second-order valence-corrected chi connectivity index (χ2v) is 5.17. The van der Waals surface area contributed by atoms with Crippen LogP contribution < -0.4 is 5.32 Å². The van der Waals surface area contributed by atoms with Crippen LogP contribution in [0.1, 0.15) is 24.1 Å². The first-order valence-corrected chi connectivity index (χ1v) is 6.61. The molecule has 0 bridgehead atoms. The van der Waals surface area contributed by atoms with Crippen molar-refractivity contribution >= 4 is 5.52 Å². The van der Waals surface area contributed by atoms with E-state index in [1.54, 1.807) is 0 Å². The van der Waals surface area contributed by atoms with Crippen LogP contribution in [0.2, 0.25) is 0 Å². The first-order chi connectivity index (χ1) is 8.34. The molecular formula is C15H20N2. The zero-order valence-corrected chi connectivity index (χ0v) is 10.4. The molecule has 3 rings (SSSR count). The lowest BCUT2D eigenvalue weighted by Gasteiger charge is -2.22. The minimum Gasteiger partial charge on any atom is -0.321 e. The predicted octanol–water partition coefficient (Wildman–Crippen LogP) is 2.79. The van der Waals surface area contributed by atoms with E-state index in [0.717, 1.165) is 5.92 Å². The van der Waals surface area contributed by atoms with E-state index in [9.17, 15) is 0 Å². The SMILES string of the molecule is Cc1cc2ccccn2c1CC1CCNCC1. The number of rotatable bonds is 2. The van der Waals surface area contributed by atoms with Gasteiger partial charge >= 0.3 is 0 Å². The molecule has 2 nitrogen and oxygen atoms in total. The maximum atomic E-state index is 3.44. The number of hydrogen-bond acceptors (Lipinski definition) is 1. The number of hydrogen-bond donors (Lipinski definition) is 1. The van der Waals surface area contributed by atoms with Gasteiger partial charge < -0.3 is 9.72 Å². The van der Waals surface area contributed by atoms with E-state index in [1.165, 1.54) is 49.1 Å². The molecule has 17 heavy (non-hydrogen) atoms. The Kier molecular flexibility index (Phi) is 2.89. The maximum absolute atomic E-state index is 3.44. The maximum Gasteiger partial charge on any atom is 0.0455 e. The minimum absolute atomic E-state index is 0.855. The van der Waals surface area contributed by atoms with Crippen molar-refractivity contribution in [3.8, 4) is 0 Å². The second kappa shape index (κ2) is 4.53. The molecule has 1 fully saturated rings. The van der Waals surface area contributed by atoms with E-state index >= 15 is 0 Å².